The highest BCUT2D eigenvalue weighted by Crippen LogP contribution is 2.01. The number of pyridine rings is 1. The summed E-state index contributed by atoms with van der Waals surface area (Å²) in [6.07, 6.45) is -1.59. The normalized spacial score (nSPS) is 10.4. The zero-order valence-electron chi connectivity index (χ0n) is 7.94. The molecule has 6 heteroatoms. The third-order valence-electron chi connectivity index (χ3n) is 1.74. The van der Waals surface area contributed by atoms with E-state index in [1.807, 2.05) is 0 Å². The van der Waals surface area contributed by atoms with Gasteiger partial charge in [-0.3, -0.25) is 4.79 Å². The second-order valence-corrected chi connectivity index (χ2v) is 2.79. The third-order valence-corrected chi connectivity index (χ3v) is 1.74. The van der Waals surface area contributed by atoms with Gasteiger partial charge in [0.1, 0.15) is 0 Å². The second-order valence-electron chi connectivity index (χ2n) is 2.79. The van der Waals surface area contributed by atoms with Crippen LogP contribution in [-0.2, 0) is 11.3 Å². The van der Waals surface area contributed by atoms with Crippen LogP contribution in [0.4, 0.5) is 8.78 Å². The molecule has 4 nitrogen and oxygen atoms in total. The molecule has 0 aliphatic carbocycles. The van der Waals surface area contributed by atoms with E-state index in [1.165, 1.54) is 13.2 Å². The van der Waals surface area contributed by atoms with Crippen molar-refractivity contribution in [1.29, 1.82) is 0 Å². The van der Waals surface area contributed by atoms with Crippen LogP contribution in [0.15, 0.2) is 23.1 Å². The number of aromatic nitrogens is 1. The highest BCUT2D eigenvalue weighted by atomic mass is 19.3. The molecule has 1 aromatic heterocycles. The number of hydrogen-bond acceptors (Lipinski definition) is 3. The Morgan fingerprint density at radius 1 is 1.53 bits per heavy atom. The Morgan fingerprint density at radius 3 is 2.73 bits per heavy atom. The second kappa shape index (κ2) is 4.68. The third kappa shape index (κ3) is 2.87. The highest BCUT2D eigenvalue weighted by molar-refractivity contribution is 5.88. The first-order chi connectivity index (χ1) is 7.04. The zero-order chi connectivity index (χ0) is 11.4. The maximum atomic E-state index is 12.0. The van der Waals surface area contributed by atoms with E-state index in [9.17, 15) is 18.4 Å². The molecular weight excluding hydrogens is 208 g/mol. The van der Waals surface area contributed by atoms with E-state index < -0.39 is 24.5 Å². The Kier molecular flexibility index (Phi) is 3.54. The number of hydrogen-bond donors (Lipinski definition) is 0. The number of esters is 1. The first-order valence-electron chi connectivity index (χ1n) is 4.11. The quantitative estimate of drug-likeness (QED) is 0.707. The minimum atomic E-state index is -2.64. The van der Waals surface area contributed by atoms with E-state index in [0.29, 0.717) is 0 Å². The lowest BCUT2D eigenvalue weighted by Gasteiger charge is -2.06. The lowest BCUT2D eigenvalue weighted by atomic mass is 10.3. The van der Waals surface area contributed by atoms with Crippen LogP contribution in [0.1, 0.15) is 10.4 Å². The van der Waals surface area contributed by atoms with E-state index >= 15 is 0 Å². The number of ether oxygens (including phenoxy) is 1. The molecule has 0 bridgehead atoms. The van der Waals surface area contributed by atoms with Crippen molar-refractivity contribution in [3.05, 3.63) is 34.2 Å². The number of methoxy groups -OCH3 is 1. The molecule has 0 unspecified atom stereocenters. The van der Waals surface area contributed by atoms with E-state index in [-0.39, 0.29) is 5.56 Å². The van der Waals surface area contributed by atoms with Crippen molar-refractivity contribution < 1.29 is 18.3 Å². The monoisotopic (exact) mass is 217 g/mol. The predicted molar refractivity (Wildman–Crippen MR) is 48.0 cm³/mol. The fourth-order valence-electron chi connectivity index (χ4n) is 1.06. The Morgan fingerprint density at radius 2 is 2.20 bits per heavy atom. The van der Waals surface area contributed by atoms with Crippen molar-refractivity contribution >= 4 is 5.97 Å². The van der Waals surface area contributed by atoms with E-state index in [2.05, 4.69) is 4.74 Å². The molecule has 0 saturated heterocycles. The van der Waals surface area contributed by atoms with Crippen LogP contribution in [0.5, 0.6) is 0 Å². The van der Waals surface area contributed by atoms with E-state index in [4.69, 9.17) is 0 Å². The summed E-state index contributed by atoms with van der Waals surface area (Å²) >= 11 is 0. The van der Waals surface area contributed by atoms with Gasteiger partial charge in [0.15, 0.2) is 0 Å². The highest BCUT2D eigenvalue weighted by Gasteiger charge is 2.10. The molecule has 0 amide bonds. The molecule has 0 aliphatic heterocycles. The molecule has 0 spiro atoms. The molecular formula is C9H9F2NO3. The van der Waals surface area contributed by atoms with E-state index in [0.717, 1.165) is 16.8 Å². The van der Waals surface area contributed by atoms with Crippen molar-refractivity contribution in [3.63, 3.8) is 0 Å². The largest absolute Gasteiger partial charge is 0.465 e. The van der Waals surface area contributed by atoms with Crippen molar-refractivity contribution in [2.75, 3.05) is 7.11 Å². The topological polar surface area (TPSA) is 48.3 Å². The molecule has 82 valence electrons. The summed E-state index contributed by atoms with van der Waals surface area (Å²) in [6, 6.07) is 2.28. The first-order valence-corrected chi connectivity index (χ1v) is 4.11. The lowest BCUT2D eigenvalue weighted by molar-refractivity contribution is 0.0598. The van der Waals surface area contributed by atoms with Gasteiger partial charge in [0, 0.05) is 12.3 Å². The Bertz CT molecular complexity index is 414. The fraction of sp³-hybridized carbons (Fsp3) is 0.333. The molecule has 1 rings (SSSR count). The SMILES string of the molecule is COC(=O)c1ccc(=O)n(CC(F)F)c1. The van der Waals surface area contributed by atoms with Gasteiger partial charge in [0.2, 0.25) is 0 Å². The van der Waals surface area contributed by atoms with Gasteiger partial charge in [-0.1, -0.05) is 0 Å². The Balaban J connectivity index is 3.05. The summed E-state index contributed by atoms with van der Waals surface area (Å²) < 4.78 is 29.2. The fourth-order valence-corrected chi connectivity index (χ4v) is 1.06. The molecule has 0 N–H and O–H groups in total. The van der Waals surface area contributed by atoms with Crippen LogP contribution in [0.25, 0.3) is 0 Å². The van der Waals surface area contributed by atoms with Gasteiger partial charge >= 0.3 is 5.97 Å². The number of nitrogens with zero attached hydrogens (tertiary/aromatic N) is 1. The minimum Gasteiger partial charge on any atom is -0.465 e. The molecule has 0 aromatic carbocycles. The van der Waals surface area contributed by atoms with Crippen molar-refractivity contribution in [1.82, 2.24) is 4.57 Å². The Hall–Kier alpha value is -1.72. The van der Waals surface area contributed by atoms with Gasteiger partial charge < -0.3 is 9.30 Å². The summed E-state index contributed by atoms with van der Waals surface area (Å²) in [6.45, 7) is -0.732. The molecule has 1 aromatic rings. The lowest BCUT2D eigenvalue weighted by Crippen LogP contribution is -2.23. The van der Waals surface area contributed by atoms with Gasteiger partial charge in [-0.25, -0.2) is 13.6 Å². The zero-order valence-corrected chi connectivity index (χ0v) is 7.94. The average molecular weight is 217 g/mol. The van der Waals surface area contributed by atoms with Crippen LogP contribution in [-0.4, -0.2) is 24.1 Å². The Labute approximate surface area is 84.1 Å². The summed E-state index contributed by atoms with van der Waals surface area (Å²) in [5.74, 6) is -0.669. The molecule has 1 heterocycles. The van der Waals surface area contributed by atoms with Crippen molar-refractivity contribution in [3.8, 4) is 0 Å². The van der Waals surface area contributed by atoms with Crippen LogP contribution in [0.3, 0.4) is 0 Å². The standard InChI is InChI=1S/C9H9F2NO3/c1-15-9(14)6-2-3-8(13)12(4-6)5-7(10)11/h2-4,7H,5H2,1H3. The summed E-state index contributed by atoms with van der Waals surface area (Å²) in [5.41, 5.74) is -0.513. The maximum Gasteiger partial charge on any atom is 0.339 e. The number of carbonyl (C=O) groups excluding carboxylic acids is 1. The van der Waals surface area contributed by atoms with E-state index in [1.54, 1.807) is 0 Å². The maximum absolute atomic E-state index is 12.0. The van der Waals surface area contributed by atoms with Crippen LogP contribution in [0, 0.1) is 0 Å². The average Bonchev–Trinajstić information content (AvgIpc) is 2.19. The van der Waals surface area contributed by atoms with Crippen LogP contribution in [0.2, 0.25) is 0 Å². The summed E-state index contributed by atoms with van der Waals surface area (Å²) in [5, 5.41) is 0. The molecule has 0 fully saturated rings. The van der Waals surface area contributed by atoms with Gasteiger partial charge in [-0.05, 0) is 6.07 Å². The van der Waals surface area contributed by atoms with Gasteiger partial charge in [0.05, 0.1) is 19.2 Å². The molecule has 15 heavy (non-hydrogen) atoms. The summed E-state index contributed by atoms with van der Waals surface area (Å²) in [4.78, 5) is 22.1. The number of carbonyl (C=O) groups is 1. The molecule has 0 radical (unpaired) electrons. The van der Waals surface area contributed by atoms with Gasteiger partial charge in [-0.2, -0.15) is 0 Å². The summed E-state index contributed by atoms with van der Waals surface area (Å²) in [7, 11) is 1.17. The van der Waals surface area contributed by atoms with Gasteiger partial charge in [0.25, 0.3) is 12.0 Å². The smallest absolute Gasteiger partial charge is 0.339 e. The molecule has 0 saturated carbocycles. The van der Waals surface area contributed by atoms with Crippen molar-refractivity contribution in [2.45, 2.75) is 13.0 Å². The number of halogens is 2. The van der Waals surface area contributed by atoms with Gasteiger partial charge in [-0.15, -0.1) is 0 Å². The number of alkyl halides is 2. The van der Waals surface area contributed by atoms with Crippen LogP contribution >= 0.6 is 0 Å². The first kappa shape index (κ1) is 11.4. The number of rotatable bonds is 3. The van der Waals surface area contributed by atoms with Crippen LogP contribution < -0.4 is 5.56 Å². The van der Waals surface area contributed by atoms with Crippen molar-refractivity contribution in [2.24, 2.45) is 0 Å². The molecule has 0 aliphatic rings. The molecule has 0 atom stereocenters. The predicted octanol–water partition coefficient (Wildman–Crippen LogP) is 0.900. The minimum absolute atomic E-state index is 0.0674.